The molecular formula is C26H36Cl2O3P+. The number of hydrogen-bond donors (Lipinski definition) is 0. The average Bonchev–Trinajstić information content (AvgIpc) is 2.81. The van der Waals surface area contributed by atoms with Crippen molar-refractivity contribution >= 4 is 31.5 Å². The van der Waals surface area contributed by atoms with Gasteiger partial charge in [-0.1, -0.05) is 52.0 Å². The van der Waals surface area contributed by atoms with Crippen LogP contribution in [0.4, 0.5) is 0 Å². The molecule has 2 aromatic carbocycles. The molecule has 0 fully saturated rings. The van der Waals surface area contributed by atoms with E-state index < -0.39 is 8.25 Å². The summed E-state index contributed by atoms with van der Waals surface area (Å²) in [7, 11) is -2.21. The standard InChI is InChI=1S/C26H36Cl2O3P/c1-5-23-19(13-15-27)9-11-21(25(23)7-3)17-30-32(29)31-18-22-12-10-20(14-16-28)24(6-2)26(22)8-4/h9-12H,5-8,13-18H2,1-4H3/q+1. The van der Waals surface area contributed by atoms with Gasteiger partial charge in [-0.05, 0) is 83.0 Å². The maximum atomic E-state index is 12.5. The first-order valence-electron chi connectivity index (χ1n) is 11.6. The molecule has 3 nitrogen and oxygen atoms in total. The first-order valence-corrected chi connectivity index (χ1v) is 13.8. The summed E-state index contributed by atoms with van der Waals surface area (Å²) in [5, 5.41) is 0. The summed E-state index contributed by atoms with van der Waals surface area (Å²) in [5.41, 5.74) is 9.94. The highest BCUT2D eigenvalue weighted by molar-refractivity contribution is 7.33. The molecular weight excluding hydrogens is 462 g/mol. The van der Waals surface area contributed by atoms with E-state index in [1.54, 1.807) is 0 Å². The van der Waals surface area contributed by atoms with Gasteiger partial charge in [-0.2, -0.15) is 0 Å². The molecule has 0 bridgehead atoms. The van der Waals surface area contributed by atoms with Crippen LogP contribution in [0.2, 0.25) is 0 Å². The summed E-state index contributed by atoms with van der Waals surface area (Å²) < 4.78 is 23.8. The van der Waals surface area contributed by atoms with E-state index in [4.69, 9.17) is 32.2 Å². The molecule has 0 spiro atoms. The van der Waals surface area contributed by atoms with Crippen molar-refractivity contribution in [3.63, 3.8) is 0 Å². The molecule has 0 aliphatic heterocycles. The van der Waals surface area contributed by atoms with Gasteiger partial charge in [0.05, 0.1) is 0 Å². The number of aryl methyl sites for hydroxylation is 2. The molecule has 0 atom stereocenters. The summed E-state index contributed by atoms with van der Waals surface area (Å²) in [6.45, 7) is 9.17. The first kappa shape index (κ1) is 27.3. The zero-order valence-corrected chi connectivity index (χ0v) is 22.2. The van der Waals surface area contributed by atoms with Crippen LogP contribution in [0, 0.1) is 0 Å². The molecule has 0 radical (unpaired) electrons. The molecule has 0 saturated heterocycles. The van der Waals surface area contributed by atoms with E-state index in [-0.39, 0.29) is 13.2 Å². The SMILES string of the molecule is CCc1c(CCCl)ccc(CO[P+](=O)OCc2ccc(CCCl)c(CC)c2CC)c1CC. The number of alkyl halides is 2. The van der Waals surface area contributed by atoms with Gasteiger partial charge in [0.25, 0.3) is 0 Å². The van der Waals surface area contributed by atoms with Crippen LogP contribution >= 0.6 is 31.5 Å². The lowest BCUT2D eigenvalue weighted by molar-refractivity contribution is 0.212. The monoisotopic (exact) mass is 497 g/mol. The van der Waals surface area contributed by atoms with Gasteiger partial charge in [-0.15, -0.1) is 32.2 Å². The fourth-order valence-corrected chi connectivity index (χ4v) is 5.54. The third-order valence-corrected chi connectivity index (χ3v) is 7.10. The van der Waals surface area contributed by atoms with Gasteiger partial charge in [-0.25, -0.2) is 0 Å². The summed E-state index contributed by atoms with van der Waals surface area (Å²) in [6, 6.07) is 8.38. The Labute approximate surface area is 204 Å². The molecule has 0 aromatic heterocycles. The van der Waals surface area contributed by atoms with E-state index in [1.165, 1.54) is 33.4 Å². The largest absolute Gasteiger partial charge is 0.698 e. The van der Waals surface area contributed by atoms with Crippen molar-refractivity contribution in [3.8, 4) is 0 Å². The molecule has 0 aliphatic rings. The zero-order valence-electron chi connectivity index (χ0n) is 19.8. The van der Waals surface area contributed by atoms with E-state index >= 15 is 0 Å². The second-order valence-corrected chi connectivity index (χ2v) is 9.46. The van der Waals surface area contributed by atoms with Gasteiger partial charge in [0.1, 0.15) is 13.2 Å². The topological polar surface area (TPSA) is 35.5 Å². The quantitative estimate of drug-likeness (QED) is 0.196. The second kappa shape index (κ2) is 14.3. The Bertz CT molecular complexity index is 828. The molecule has 32 heavy (non-hydrogen) atoms. The maximum absolute atomic E-state index is 12.5. The summed E-state index contributed by atoms with van der Waals surface area (Å²) >= 11 is 11.9. The molecule has 0 unspecified atom stereocenters. The maximum Gasteiger partial charge on any atom is 0.698 e. The fraction of sp³-hybridized carbons (Fsp3) is 0.538. The zero-order chi connectivity index (χ0) is 23.5. The Morgan fingerprint density at radius 3 is 1.25 bits per heavy atom. The highest BCUT2D eigenvalue weighted by Gasteiger charge is 2.23. The van der Waals surface area contributed by atoms with Crippen LogP contribution in [0.15, 0.2) is 24.3 Å². The van der Waals surface area contributed by atoms with Gasteiger partial charge in [-0.3, -0.25) is 0 Å². The minimum absolute atomic E-state index is 0.280. The van der Waals surface area contributed by atoms with Gasteiger partial charge in [0, 0.05) is 16.3 Å². The number of benzene rings is 2. The number of rotatable bonds is 14. The molecule has 0 heterocycles. The highest BCUT2D eigenvalue weighted by atomic mass is 35.5. The normalized spacial score (nSPS) is 11.2. The van der Waals surface area contributed by atoms with Crippen molar-refractivity contribution < 1.29 is 13.6 Å². The van der Waals surface area contributed by atoms with Crippen LogP contribution in [0.5, 0.6) is 0 Å². The van der Waals surface area contributed by atoms with E-state index in [9.17, 15) is 4.57 Å². The van der Waals surface area contributed by atoms with Crippen LogP contribution in [0.3, 0.4) is 0 Å². The van der Waals surface area contributed by atoms with Gasteiger partial charge in [0.15, 0.2) is 0 Å². The lowest BCUT2D eigenvalue weighted by Gasteiger charge is -2.16. The van der Waals surface area contributed by atoms with Crippen LogP contribution in [-0.2, 0) is 65.4 Å². The van der Waals surface area contributed by atoms with Crippen LogP contribution < -0.4 is 0 Å². The molecule has 0 N–H and O–H groups in total. The summed E-state index contributed by atoms with van der Waals surface area (Å²) in [5.74, 6) is 1.22. The Balaban J connectivity index is 2.07. The fourth-order valence-electron chi connectivity index (χ4n) is 4.57. The van der Waals surface area contributed by atoms with Gasteiger partial charge >= 0.3 is 8.25 Å². The molecule has 6 heteroatoms. The van der Waals surface area contributed by atoms with Crippen molar-refractivity contribution in [1.82, 2.24) is 0 Å². The second-order valence-electron chi connectivity index (χ2n) is 7.74. The van der Waals surface area contributed by atoms with Crippen molar-refractivity contribution in [2.75, 3.05) is 11.8 Å². The van der Waals surface area contributed by atoms with E-state index in [0.29, 0.717) is 11.8 Å². The Hall–Kier alpha value is -0.960. The predicted molar refractivity (Wildman–Crippen MR) is 136 cm³/mol. The first-order chi connectivity index (χ1) is 15.5. The third-order valence-electron chi connectivity index (χ3n) is 6.04. The van der Waals surface area contributed by atoms with Crippen LogP contribution in [-0.4, -0.2) is 11.8 Å². The third kappa shape index (κ3) is 7.02. The Kier molecular flexibility index (Phi) is 12.2. The lowest BCUT2D eigenvalue weighted by atomic mass is 9.92. The van der Waals surface area contributed by atoms with Crippen molar-refractivity contribution in [2.24, 2.45) is 0 Å². The van der Waals surface area contributed by atoms with Crippen molar-refractivity contribution in [1.29, 1.82) is 0 Å². The molecule has 2 aromatic rings. The van der Waals surface area contributed by atoms with Crippen LogP contribution in [0.1, 0.15) is 72.2 Å². The minimum Gasteiger partial charge on any atom is -0.126 e. The Morgan fingerprint density at radius 2 is 0.938 bits per heavy atom. The molecule has 176 valence electrons. The van der Waals surface area contributed by atoms with Gasteiger partial charge < -0.3 is 0 Å². The average molecular weight is 498 g/mol. The van der Waals surface area contributed by atoms with Gasteiger partial charge in [0.2, 0.25) is 0 Å². The van der Waals surface area contributed by atoms with E-state index in [2.05, 4.69) is 52.0 Å². The molecule has 0 amide bonds. The highest BCUT2D eigenvalue weighted by Crippen LogP contribution is 2.32. The van der Waals surface area contributed by atoms with Crippen LogP contribution in [0.25, 0.3) is 0 Å². The number of halogens is 2. The minimum atomic E-state index is -2.21. The molecule has 2 rings (SSSR count). The van der Waals surface area contributed by atoms with E-state index in [1.807, 2.05) is 0 Å². The molecule has 0 saturated carbocycles. The summed E-state index contributed by atoms with van der Waals surface area (Å²) in [4.78, 5) is 0. The lowest BCUT2D eigenvalue weighted by Crippen LogP contribution is -2.05. The molecule has 0 aliphatic carbocycles. The summed E-state index contributed by atoms with van der Waals surface area (Å²) in [6.07, 6.45) is 5.43. The van der Waals surface area contributed by atoms with E-state index in [0.717, 1.165) is 49.7 Å². The van der Waals surface area contributed by atoms with Crippen molar-refractivity contribution in [2.45, 2.75) is 79.4 Å². The predicted octanol–water partition coefficient (Wildman–Crippen LogP) is 7.89. The smallest absolute Gasteiger partial charge is 0.126 e. The van der Waals surface area contributed by atoms with Crippen molar-refractivity contribution in [3.05, 3.63) is 68.8 Å². The Morgan fingerprint density at radius 1 is 0.625 bits per heavy atom. The number of hydrogen-bond acceptors (Lipinski definition) is 3.